The largest absolute Gasteiger partial charge is 0.508 e. The second-order valence-electron chi connectivity index (χ2n) is 12.5. The van der Waals surface area contributed by atoms with Crippen molar-refractivity contribution < 1.29 is 9.90 Å². The highest BCUT2D eigenvalue weighted by Crippen LogP contribution is 2.51. The number of benzene rings is 1. The Balaban J connectivity index is 1.16. The van der Waals surface area contributed by atoms with E-state index in [1.54, 1.807) is 18.3 Å². The summed E-state index contributed by atoms with van der Waals surface area (Å²) in [6.45, 7) is 3.28. The molecule has 2 bridgehead atoms. The van der Waals surface area contributed by atoms with E-state index >= 15 is 0 Å². The zero-order valence-electron chi connectivity index (χ0n) is 23.4. The topological polar surface area (TPSA) is 149 Å². The number of nitrogens with zero attached hydrogens (tertiary/aromatic N) is 3. The summed E-state index contributed by atoms with van der Waals surface area (Å²) in [6, 6.07) is 9.41. The van der Waals surface area contributed by atoms with E-state index < -0.39 is 0 Å². The predicted molar refractivity (Wildman–Crippen MR) is 155 cm³/mol. The van der Waals surface area contributed by atoms with Crippen LogP contribution in [0.3, 0.4) is 0 Å². The van der Waals surface area contributed by atoms with Gasteiger partial charge in [-0.15, -0.1) is 0 Å². The van der Waals surface area contributed by atoms with Gasteiger partial charge in [0, 0.05) is 24.6 Å². The number of nitriles is 1. The first-order valence-electron chi connectivity index (χ1n) is 14.9. The monoisotopic (exact) mass is 545 g/mol. The highest BCUT2D eigenvalue weighted by molar-refractivity contribution is 5.76. The summed E-state index contributed by atoms with van der Waals surface area (Å²) in [7, 11) is 0. The maximum Gasteiger partial charge on any atom is 0.224 e. The van der Waals surface area contributed by atoms with Crippen LogP contribution < -0.4 is 21.7 Å². The Kier molecular flexibility index (Phi) is 9.05. The van der Waals surface area contributed by atoms with Crippen molar-refractivity contribution >= 4 is 17.7 Å². The van der Waals surface area contributed by atoms with Crippen molar-refractivity contribution in [3.8, 4) is 11.8 Å². The number of aromatic nitrogens is 2. The molecule has 3 saturated carbocycles. The van der Waals surface area contributed by atoms with Gasteiger partial charge in [-0.1, -0.05) is 31.0 Å². The molecule has 0 radical (unpaired) electrons. The van der Waals surface area contributed by atoms with E-state index in [4.69, 9.17) is 5.73 Å². The number of hydrogen-bond donors (Lipinski definition) is 5. The molecule has 3 aliphatic carbocycles. The predicted octanol–water partition coefficient (Wildman–Crippen LogP) is 4.55. The number of primary amides is 1. The second-order valence-corrected chi connectivity index (χ2v) is 12.5. The summed E-state index contributed by atoms with van der Waals surface area (Å²) in [5, 5.41) is 30.3. The number of hydrogen-bond acceptors (Lipinski definition) is 8. The summed E-state index contributed by atoms with van der Waals surface area (Å²) in [5.41, 5.74) is 6.92. The van der Waals surface area contributed by atoms with Gasteiger partial charge in [0.15, 0.2) is 0 Å². The van der Waals surface area contributed by atoms with E-state index in [9.17, 15) is 15.2 Å². The second kappa shape index (κ2) is 12.9. The van der Waals surface area contributed by atoms with E-state index in [0.717, 1.165) is 56.8 Å². The Labute approximate surface area is 237 Å². The Morgan fingerprint density at radius 1 is 1.10 bits per heavy atom. The number of carbonyl (C=O) groups is 1. The zero-order chi connectivity index (χ0) is 28.0. The summed E-state index contributed by atoms with van der Waals surface area (Å²) in [5.74, 6) is 3.22. The quantitative estimate of drug-likeness (QED) is 0.276. The van der Waals surface area contributed by atoms with Crippen LogP contribution in [0.25, 0.3) is 0 Å². The average molecular weight is 546 g/mol. The summed E-state index contributed by atoms with van der Waals surface area (Å²) < 4.78 is 0. The number of rotatable bonds is 11. The number of phenols is 1. The van der Waals surface area contributed by atoms with Gasteiger partial charge in [-0.05, 0) is 93.7 Å². The molecule has 5 rings (SSSR count). The highest BCUT2D eigenvalue weighted by Gasteiger charge is 2.43. The molecule has 3 fully saturated rings. The third-order valence-corrected chi connectivity index (χ3v) is 9.51. The van der Waals surface area contributed by atoms with Gasteiger partial charge in [-0.3, -0.25) is 4.79 Å². The summed E-state index contributed by atoms with van der Waals surface area (Å²) >= 11 is 0. The molecule has 1 aromatic heterocycles. The maximum absolute atomic E-state index is 11.5. The molecule has 40 heavy (non-hydrogen) atoms. The molecule has 9 heteroatoms. The van der Waals surface area contributed by atoms with Crippen LogP contribution in [-0.4, -0.2) is 40.6 Å². The SMILES string of the molecule is N#Cc1cnc(NCc2ccccc2O)nc1NC[C@@]12CCCC(C[C@@H](CNC[C@H]3CC[C@H](C(N)=O)CC3)C1)C2. The van der Waals surface area contributed by atoms with Gasteiger partial charge in [0.05, 0.1) is 6.20 Å². The van der Waals surface area contributed by atoms with E-state index in [1.807, 2.05) is 12.1 Å². The molecule has 3 atom stereocenters. The lowest BCUT2D eigenvalue weighted by molar-refractivity contribution is -0.122. The third-order valence-electron chi connectivity index (χ3n) is 9.51. The molecule has 2 aromatic rings. The van der Waals surface area contributed by atoms with Gasteiger partial charge >= 0.3 is 0 Å². The van der Waals surface area contributed by atoms with E-state index in [0.29, 0.717) is 35.7 Å². The first-order valence-corrected chi connectivity index (χ1v) is 14.9. The van der Waals surface area contributed by atoms with Crippen molar-refractivity contribution in [3.05, 3.63) is 41.6 Å². The number of fused-ring (bicyclic) bond motifs is 2. The molecule has 0 spiro atoms. The number of amides is 1. The first-order chi connectivity index (χ1) is 19.4. The Bertz CT molecular complexity index is 1210. The van der Waals surface area contributed by atoms with E-state index in [-0.39, 0.29) is 23.0 Å². The fraction of sp³-hybridized carbons (Fsp3) is 0.613. The van der Waals surface area contributed by atoms with Crippen LogP contribution in [-0.2, 0) is 11.3 Å². The van der Waals surface area contributed by atoms with Crippen molar-refractivity contribution in [2.45, 2.75) is 70.8 Å². The lowest BCUT2D eigenvalue weighted by Crippen LogP contribution is -2.44. The van der Waals surface area contributed by atoms with Crippen LogP contribution >= 0.6 is 0 Å². The summed E-state index contributed by atoms with van der Waals surface area (Å²) in [4.78, 5) is 20.4. The van der Waals surface area contributed by atoms with Crippen molar-refractivity contribution in [3.63, 3.8) is 0 Å². The van der Waals surface area contributed by atoms with Crippen molar-refractivity contribution in [1.29, 1.82) is 5.26 Å². The minimum absolute atomic E-state index is 0.0712. The lowest BCUT2D eigenvalue weighted by Gasteiger charge is -2.49. The zero-order valence-corrected chi connectivity index (χ0v) is 23.4. The lowest BCUT2D eigenvalue weighted by atomic mass is 9.59. The molecular formula is C31H43N7O2. The first kappa shape index (κ1) is 28.2. The molecule has 0 aliphatic heterocycles. The highest BCUT2D eigenvalue weighted by atomic mass is 16.3. The molecule has 1 heterocycles. The maximum atomic E-state index is 11.5. The standard InChI is InChI=1S/C31H43N7O2/c32-15-26-19-36-30(35-18-25-5-1-2-6-27(25)39)38-29(26)37-20-31-11-3-4-22(13-31)12-23(14-31)17-34-16-21-7-9-24(10-8-21)28(33)40/h1-2,5-6,19,21-24,34,39H,3-4,7-14,16-18,20H2,(H2,33,40)(H2,35,36,37,38)/t21-,22?,23-,24-,31-/m1/s1. The molecule has 3 aliphatic rings. The Hall–Kier alpha value is -3.38. The summed E-state index contributed by atoms with van der Waals surface area (Å²) in [6.07, 6.45) is 13.1. The number of nitrogens with one attached hydrogen (secondary N) is 3. The number of phenolic OH excluding ortho intramolecular Hbond substituents is 1. The van der Waals surface area contributed by atoms with Crippen LogP contribution in [0, 0.1) is 40.4 Å². The smallest absolute Gasteiger partial charge is 0.224 e. The van der Waals surface area contributed by atoms with Crippen molar-refractivity contribution in [2.75, 3.05) is 30.3 Å². The van der Waals surface area contributed by atoms with Gasteiger partial charge in [-0.2, -0.15) is 10.2 Å². The van der Waals surface area contributed by atoms with Gasteiger partial charge < -0.3 is 26.8 Å². The molecule has 1 aromatic carbocycles. The molecular weight excluding hydrogens is 502 g/mol. The number of carbonyl (C=O) groups excluding carboxylic acids is 1. The Morgan fingerprint density at radius 2 is 1.90 bits per heavy atom. The number of nitrogens with two attached hydrogens (primary N) is 1. The molecule has 6 N–H and O–H groups in total. The number of para-hydroxylation sites is 1. The van der Waals surface area contributed by atoms with Crippen LogP contribution in [0.15, 0.2) is 30.5 Å². The normalized spacial score (nSPS) is 27.9. The van der Waals surface area contributed by atoms with Gasteiger partial charge in [0.1, 0.15) is 23.2 Å². The molecule has 0 saturated heterocycles. The van der Waals surface area contributed by atoms with Gasteiger partial charge in [0.2, 0.25) is 11.9 Å². The van der Waals surface area contributed by atoms with E-state index in [1.165, 1.54) is 38.5 Å². The average Bonchev–Trinajstić information content (AvgIpc) is 2.96. The minimum Gasteiger partial charge on any atom is -0.508 e. The molecule has 214 valence electrons. The van der Waals surface area contributed by atoms with Crippen molar-refractivity contribution in [2.24, 2.45) is 34.8 Å². The van der Waals surface area contributed by atoms with Gasteiger partial charge in [-0.25, -0.2) is 4.98 Å². The van der Waals surface area contributed by atoms with Gasteiger partial charge in [0.25, 0.3) is 0 Å². The van der Waals surface area contributed by atoms with Crippen LogP contribution in [0.4, 0.5) is 11.8 Å². The molecule has 1 unspecified atom stereocenters. The number of anilines is 2. The molecule has 9 nitrogen and oxygen atoms in total. The Morgan fingerprint density at radius 3 is 2.67 bits per heavy atom. The fourth-order valence-corrected chi connectivity index (χ4v) is 7.46. The minimum atomic E-state index is -0.136. The van der Waals surface area contributed by atoms with Crippen molar-refractivity contribution in [1.82, 2.24) is 15.3 Å². The van der Waals surface area contributed by atoms with Crippen LogP contribution in [0.5, 0.6) is 5.75 Å². The van der Waals surface area contributed by atoms with E-state index in [2.05, 4.69) is 32.0 Å². The molecule has 1 amide bonds. The third kappa shape index (κ3) is 7.03. The number of aromatic hydroxyl groups is 1. The fourth-order valence-electron chi connectivity index (χ4n) is 7.46. The van der Waals surface area contributed by atoms with Crippen LogP contribution in [0.1, 0.15) is 75.3 Å². The van der Waals surface area contributed by atoms with Crippen LogP contribution in [0.2, 0.25) is 0 Å².